The fourth-order valence-corrected chi connectivity index (χ4v) is 2.41. The first kappa shape index (κ1) is 15.4. The van der Waals surface area contributed by atoms with E-state index in [-0.39, 0.29) is 0 Å². The van der Waals surface area contributed by atoms with Gasteiger partial charge in [-0.15, -0.1) is 0 Å². The summed E-state index contributed by atoms with van der Waals surface area (Å²) in [6.45, 7) is 8.94. The third-order valence-electron chi connectivity index (χ3n) is 4.32. The normalized spacial score (nSPS) is 26.2. The zero-order valence-corrected chi connectivity index (χ0v) is 12.5. The molecule has 2 nitrogen and oxygen atoms in total. The van der Waals surface area contributed by atoms with Crippen molar-refractivity contribution in [3.63, 3.8) is 0 Å². The van der Waals surface area contributed by atoms with Crippen molar-refractivity contribution in [1.29, 1.82) is 0 Å². The molecule has 0 aromatic heterocycles. The molecule has 0 spiro atoms. The SMILES string of the molecule is CC1(C)CCC(=O)CC1.CC1(C)CCC(=O)CC1. The van der Waals surface area contributed by atoms with Crippen molar-refractivity contribution in [1.82, 2.24) is 0 Å². The van der Waals surface area contributed by atoms with Gasteiger partial charge >= 0.3 is 0 Å². The molecule has 2 rings (SSSR count). The number of ketones is 2. The summed E-state index contributed by atoms with van der Waals surface area (Å²) in [7, 11) is 0. The lowest BCUT2D eigenvalue weighted by Crippen LogP contribution is -2.20. The van der Waals surface area contributed by atoms with Crippen LogP contribution >= 0.6 is 0 Å². The second kappa shape index (κ2) is 5.99. The van der Waals surface area contributed by atoms with Crippen LogP contribution in [0.25, 0.3) is 0 Å². The van der Waals surface area contributed by atoms with Crippen LogP contribution in [0.3, 0.4) is 0 Å². The number of rotatable bonds is 0. The summed E-state index contributed by atoms with van der Waals surface area (Å²) >= 11 is 0. The van der Waals surface area contributed by atoms with Crippen LogP contribution in [0, 0.1) is 10.8 Å². The Balaban J connectivity index is 0.000000180. The molecule has 2 aliphatic carbocycles. The first-order valence-corrected chi connectivity index (χ1v) is 7.24. The largest absolute Gasteiger partial charge is 0.300 e. The van der Waals surface area contributed by atoms with E-state index in [1.807, 2.05) is 0 Å². The minimum atomic E-state index is 0.438. The van der Waals surface area contributed by atoms with E-state index < -0.39 is 0 Å². The average molecular weight is 252 g/mol. The van der Waals surface area contributed by atoms with Gasteiger partial charge in [0.25, 0.3) is 0 Å². The average Bonchev–Trinajstić information content (AvgIpc) is 2.28. The molecule has 0 aliphatic heterocycles. The van der Waals surface area contributed by atoms with Crippen LogP contribution < -0.4 is 0 Å². The number of carbonyl (C=O) groups is 2. The minimum Gasteiger partial charge on any atom is -0.300 e. The Labute approximate surface area is 112 Å². The Hall–Kier alpha value is -0.660. The third-order valence-corrected chi connectivity index (χ3v) is 4.32. The van der Waals surface area contributed by atoms with Crippen LogP contribution in [0.2, 0.25) is 0 Å². The van der Waals surface area contributed by atoms with Crippen LogP contribution in [0.15, 0.2) is 0 Å². The summed E-state index contributed by atoms with van der Waals surface area (Å²) in [6, 6.07) is 0. The van der Waals surface area contributed by atoms with Gasteiger partial charge in [0.1, 0.15) is 11.6 Å². The van der Waals surface area contributed by atoms with E-state index in [1.165, 1.54) is 0 Å². The first-order chi connectivity index (χ1) is 8.20. The molecular formula is C16H28O2. The van der Waals surface area contributed by atoms with E-state index in [1.54, 1.807) is 0 Å². The van der Waals surface area contributed by atoms with Crippen molar-refractivity contribution in [2.45, 2.75) is 79.1 Å². The lowest BCUT2D eigenvalue weighted by molar-refractivity contribution is -0.122. The molecule has 0 aromatic carbocycles. The monoisotopic (exact) mass is 252 g/mol. The molecule has 0 heterocycles. The number of carbonyl (C=O) groups excluding carboxylic acids is 2. The summed E-state index contributed by atoms with van der Waals surface area (Å²) in [5.74, 6) is 0.906. The van der Waals surface area contributed by atoms with Gasteiger partial charge in [-0.1, -0.05) is 27.7 Å². The number of hydrogen-bond donors (Lipinski definition) is 0. The quantitative estimate of drug-likeness (QED) is 0.643. The summed E-state index contributed by atoms with van der Waals surface area (Å²) in [5, 5.41) is 0. The fourth-order valence-electron chi connectivity index (χ4n) is 2.41. The lowest BCUT2D eigenvalue weighted by atomic mass is 9.77. The van der Waals surface area contributed by atoms with E-state index >= 15 is 0 Å². The molecule has 0 atom stereocenters. The van der Waals surface area contributed by atoms with Crippen molar-refractivity contribution in [2.75, 3.05) is 0 Å². The van der Waals surface area contributed by atoms with Crippen molar-refractivity contribution in [3.8, 4) is 0 Å². The van der Waals surface area contributed by atoms with Gasteiger partial charge in [0.2, 0.25) is 0 Å². The van der Waals surface area contributed by atoms with Crippen molar-refractivity contribution in [2.24, 2.45) is 10.8 Å². The van der Waals surface area contributed by atoms with Crippen LogP contribution in [-0.4, -0.2) is 11.6 Å². The zero-order valence-electron chi connectivity index (χ0n) is 12.5. The predicted molar refractivity (Wildman–Crippen MR) is 74.5 cm³/mol. The first-order valence-electron chi connectivity index (χ1n) is 7.24. The predicted octanol–water partition coefficient (Wildman–Crippen LogP) is 4.31. The van der Waals surface area contributed by atoms with Crippen molar-refractivity contribution < 1.29 is 9.59 Å². The van der Waals surface area contributed by atoms with Crippen LogP contribution in [0.4, 0.5) is 0 Å². The molecule has 0 aromatic rings. The summed E-state index contributed by atoms with van der Waals surface area (Å²) in [5.41, 5.74) is 0.877. The molecule has 2 fully saturated rings. The van der Waals surface area contributed by atoms with Gasteiger partial charge in [0.15, 0.2) is 0 Å². The maximum Gasteiger partial charge on any atom is 0.132 e. The molecule has 104 valence electrons. The Morgan fingerprint density at radius 1 is 0.611 bits per heavy atom. The molecule has 0 radical (unpaired) electrons. The van der Waals surface area contributed by atoms with Crippen molar-refractivity contribution >= 4 is 11.6 Å². The Morgan fingerprint density at radius 3 is 1.00 bits per heavy atom. The van der Waals surface area contributed by atoms with Gasteiger partial charge in [0, 0.05) is 25.7 Å². The minimum absolute atomic E-state index is 0.438. The molecule has 0 N–H and O–H groups in total. The van der Waals surface area contributed by atoms with Gasteiger partial charge in [-0.2, -0.15) is 0 Å². The highest BCUT2D eigenvalue weighted by Gasteiger charge is 2.25. The van der Waals surface area contributed by atoms with Crippen LogP contribution in [-0.2, 0) is 9.59 Å². The van der Waals surface area contributed by atoms with E-state index in [9.17, 15) is 9.59 Å². The van der Waals surface area contributed by atoms with E-state index in [4.69, 9.17) is 0 Å². The van der Waals surface area contributed by atoms with Gasteiger partial charge in [-0.05, 0) is 36.5 Å². The van der Waals surface area contributed by atoms with Crippen LogP contribution in [0.5, 0.6) is 0 Å². The highest BCUT2D eigenvalue weighted by atomic mass is 16.1. The molecule has 0 unspecified atom stereocenters. The summed E-state index contributed by atoms with van der Waals surface area (Å²) in [4.78, 5) is 21.5. The molecule has 0 saturated heterocycles. The second-order valence-corrected chi connectivity index (χ2v) is 7.41. The molecule has 2 heteroatoms. The van der Waals surface area contributed by atoms with Crippen molar-refractivity contribution in [3.05, 3.63) is 0 Å². The molecule has 2 aliphatic rings. The van der Waals surface area contributed by atoms with E-state index in [0.29, 0.717) is 22.4 Å². The highest BCUT2D eigenvalue weighted by Crippen LogP contribution is 2.33. The van der Waals surface area contributed by atoms with Crippen LogP contribution in [0.1, 0.15) is 79.1 Å². The smallest absolute Gasteiger partial charge is 0.132 e. The van der Waals surface area contributed by atoms with E-state index in [0.717, 1.165) is 51.4 Å². The fraction of sp³-hybridized carbons (Fsp3) is 0.875. The molecular weight excluding hydrogens is 224 g/mol. The Bertz CT molecular complexity index is 257. The van der Waals surface area contributed by atoms with Gasteiger partial charge in [0.05, 0.1) is 0 Å². The zero-order chi connectivity index (χ0) is 13.8. The highest BCUT2D eigenvalue weighted by molar-refractivity contribution is 5.79. The molecule has 18 heavy (non-hydrogen) atoms. The molecule has 2 saturated carbocycles. The number of Topliss-reactive ketones (excluding diaryl/α,β-unsaturated/α-hetero) is 2. The maximum atomic E-state index is 10.8. The van der Waals surface area contributed by atoms with Gasteiger partial charge in [-0.25, -0.2) is 0 Å². The number of hydrogen-bond acceptors (Lipinski definition) is 2. The Morgan fingerprint density at radius 2 is 0.833 bits per heavy atom. The second-order valence-electron chi connectivity index (χ2n) is 7.41. The summed E-state index contributed by atoms with van der Waals surface area (Å²) in [6.07, 6.45) is 7.61. The lowest BCUT2D eigenvalue weighted by Gasteiger charge is -2.27. The van der Waals surface area contributed by atoms with Gasteiger partial charge < -0.3 is 0 Å². The van der Waals surface area contributed by atoms with Gasteiger partial charge in [-0.3, -0.25) is 9.59 Å². The standard InChI is InChI=1S/2C8H14O/c2*1-8(2)5-3-7(9)4-6-8/h2*3-6H2,1-2H3. The molecule has 0 amide bonds. The third kappa shape index (κ3) is 5.79. The maximum absolute atomic E-state index is 10.8. The topological polar surface area (TPSA) is 34.1 Å². The van der Waals surface area contributed by atoms with E-state index in [2.05, 4.69) is 27.7 Å². The molecule has 0 bridgehead atoms. The Kier molecular flexibility index (Phi) is 5.12. The summed E-state index contributed by atoms with van der Waals surface area (Å²) < 4.78 is 0.